The monoisotopic (exact) mass is 394 g/mol. The third-order valence-electron chi connectivity index (χ3n) is 4.81. The van der Waals surface area contributed by atoms with Gasteiger partial charge in [-0.15, -0.1) is 6.58 Å². The van der Waals surface area contributed by atoms with E-state index in [0.717, 1.165) is 5.56 Å². The molecule has 0 aliphatic carbocycles. The highest BCUT2D eigenvalue weighted by Gasteiger charge is 2.49. The molecule has 152 valence electrons. The van der Waals surface area contributed by atoms with Crippen LogP contribution in [0, 0.1) is 0 Å². The van der Waals surface area contributed by atoms with E-state index in [-0.39, 0.29) is 12.5 Å². The number of para-hydroxylation sites is 1. The van der Waals surface area contributed by atoms with Crippen LogP contribution in [0.3, 0.4) is 0 Å². The number of hydrogen-bond acceptors (Lipinski definition) is 5. The fraction of sp³-hybridized carbons (Fsp3) is 0.304. The lowest BCUT2D eigenvalue weighted by molar-refractivity contribution is -0.123. The molecule has 0 radical (unpaired) electrons. The van der Waals surface area contributed by atoms with Gasteiger partial charge in [0.15, 0.2) is 5.54 Å². The van der Waals surface area contributed by atoms with Gasteiger partial charge in [-0.1, -0.05) is 24.3 Å². The van der Waals surface area contributed by atoms with Crippen LogP contribution < -0.4 is 10.1 Å². The zero-order valence-corrected chi connectivity index (χ0v) is 16.5. The van der Waals surface area contributed by atoms with Crippen molar-refractivity contribution in [2.75, 3.05) is 18.5 Å². The van der Waals surface area contributed by atoms with Gasteiger partial charge in [0.1, 0.15) is 11.9 Å². The molecule has 0 saturated heterocycles. The summed E-state index contributed by atoms with van der Waals surface area (Å²) in [7, 11) is 0. The van der Waals surface area contributed by atoms with Crippen molar-refractivity contribution in [3.63, 3.8) is 0 Å². The molecular weight excluding hydrogens is 368 g/mol. The smallest absolute Gasteiger partial charge is 0.256 e. The van der Waals surface area contributed by atoms with Crippen LogP contribution in [0.1, 0.15) is 25.3 Å². The van der Waals surface area contributed by atoms with E-state index < -0.39 is 11.6 Å². The van der Waals surface area contributed by atoms with Crippen LogP contribution in [-0.4, -0.2) is 41.8 Å². The Hall–Kier alpha value is -3.12. The van der Waals surface area contributed by atoms with Crippen LogP contribution in [0.4, 0.5) is 5.69 Å². The second-order valence-electron chi connectivity index (χ2n) is 6.86. The Bertz CT molecular complexity index is 864. The number of carbonyl (C=O) groups is 1. The molecule has 0 aromatic heterocycles. The van der Waals surface area contributed by atoms with Crippen LogP contribution in [0.2, 0.25) is 0 Å². The molecule has 29 heavy (non-hydrogen) atoms. The van der Waals surface area contributed by atoms with Crippen molar-refractivity contribution in [1.82, 2.24) is 0 Å². The minimum atomic E-state index is -1.08. The van der Waals surface area contributed by atoms with E-state index in [4.69, 9.17) is 19.6 Å². The summed E-state index contributed by atoms with van der Waals surface area (Å²) in [6.07, 6.45) is 2.18. The second kappa shape index (κ2) is 9.39. The molecule has 0 bridgehead atoms. The van der Waals surface area contributed by atoms with Crippen molar-refractivity contribution in [2.45, 2.75) is 31.4 Å². The Labute approximate surface area is 170 Å². The zero-order chi connectivity index (χ0) is 20.7. The maximum atomic E-state index is 13.1. The number of amides is 1. The number of nitrogens with zero attached hydrogens (tertiary/aromatic N) is 1. The Morgan fingerprint density at radius 3 is 2.66 bits per heavy atom. The molecule has 0 spiro atoms. The van der Waals surface area contributed by atoms with Crippen molar-refractivity contribution in [3.8, 4) is 5.75 Å². The van der Waals surface area contributed by atoms with Crippen molar-refractivity contribution >= 4 is 17.5 Å². The van der Waals surface area contributed by atoms with Gasteiger partial charge >= 0.3 is 0 Å². The molecule has 0 unspecified atom stereocenters. The van der Waals surface area contributed by atoms with E-state index in [1.54, 1.807) is 6.08 Å². The standard InChI is InChI=1S/C23H26N2O4/c1-3-14-23(22(27)24-19-8-5-4-6-9-19)17(2)29-21(25-23)18-10-12-20(13-11-18)28-16-7-15-26/h3-6,8-13,17,26H,1,7,14-16H2,2H3,(H,24,27)/t17-,23-/m1/s1. The first-order valence-corrected chi connectivity index (χ1v) is 9.67. The molecule has 0 saturated carbocycles. The molecule has 6 nitrogen and oxygen atoms in total. The molecule has 1 aliphatic heterocycles. The van der Waals surface area contributed by atoms with E-state index in [1.807, 2.05) is 61.5 Å². The number of nitrogens with one attached hydrogen (secondary N) is 1. The highest BCUT2D eigenvalue weighted by molar-refractivity contribution is 6.05. The average molecular weight is 394 g/mol. The first-order valence-electron chi connectivity index (χ1n) is 9.67. The minimum Gasteiger partial charge on any atom is -0.494 e. The van der Waals surface area contributed by atoms with E-state index in [2.05, 4.69) is 11.9 Å². The number of ether oxygens (including phenoxy) is 2. The lowest BCUT2D eigenvalue weighted by Crippen LogP contribution is -2.47. The largest absolute Gasteiger partial charge is 0.494 e. The molecule has 6 heteroatoms. The average Bonchev–Trinajstić information content (AvgIpc) is 3.07. The quantitative estimate of drug-likeness (QED) is 0.503. The van der Waals surface area contributed by atoms with E-state index in [1.165, 1.54) is 0 Å². The Morgan fingerprint density at radius 2 is 2.00 bits per heavy atom. The Balaban J connectivity index is 1.81. The zero-order valence-electron chi connectivity index (χ0n) is 16.5. The van der Waals surface area contributed by atoms with Crippen molar-refractivity contribution in [1.29, 1.82) is 0 Å². The third kappa shape index (κ3) is 4.66. The van der Waals surface area contributed by atoms with Gasteiger partial charge in [-0.25, -0.2) is 4.99 Å². The molecule has 3 rings (SSSR count). The summed E-state index contributed by atoms with van der Waals surface area (Å²) in [4.78, 5) is 17.8. The van der Waals surface area contributed by atoms with Gasteiger partial charge < -0.3 is 19.9 Å². The number of aliphatic hydroxyl groups excluding tert-OH is 1. The van der Waals surface area contributed by atoms with Gasteiger partial charge in [-0.3, -0.25) is 4.79 Å². The molecular formula is C23H26N2O4. The third-order valence-corrected chi connectivity index (χ3v) is 4.81. The first kappa shape index (κ1) is 20.6. The molecule has 1 heterocycles. The summed E-state index contributed by atoms with van der Waals surface area (Å²) in [5, 5.41) is 11.8. The lowest BCUT2D eigenvalue weighted by atomic mass is 9.89. The minimum absolute atomic E-state index is 0.0943. The summed E-state index contributed by atoms with van der Waals surface area (Å²) in [6.45, 7) is 6.19. The van der Waals surface area contributed by atoms with Gasteiger partial charge in [0.2, 0.25) is 5.90 Å². The number of carbonyl (C=O) groups excluding carboxylic acids is 1. The summed E-state index contributed by atoms with van der Waals surface area (Å²) < 4.78 is 11.5. The second-order valence-corrected chi connectivity index (χ2v) is 6.86. The maximum absolute atomic E-state index is 13.1. The molecule has 2 N–H and O–H groups in total. The van der Waals surface area contributed by atoms with E-state index in [9.17, 15) is 4.79 Å². The number of anilines is 1. The summed E-state index contributed by atoms with van der Waals surface area (Å²) >= 11 is 0. The number of aliphatic hydroxyl groups is 1. The molecule has 2 aromatic carbocycles. The Kier molecular flexibility index (Phi) is 6.67. The van der Waals surface area contributed by atoms with Crippen LogP contribution in [0.15, 0.2) is 72.2 Å². The SMILES string of the molecule is C=CC[C@@]1(C(=O)Nc2ccccc2)N=C(c2ccc(OCCCO)cc2)O[C@@H]1C. The number of hydrogen-bond donors (Lipinski definition) is 2. The van der Waals surface area contributed by atoms with Gasteiger partial charge in [0.25, 0.3) is 5.91 Å². The fourth-order valence-corrected chi connectivity index (χ4v) is 3.16. The molecule has 0 fully saturated rings. The predicted molar refractivity (Wildman–Crippen MR) is 113 cm³/mol. The van der Waals surface area contributed by atoms with Gasteiger partial charge in [-0.2, -0.15) is 0 Å². The maximum Gasteiger partial charge on any atom is 0.256 e. The summed E-state index contributed by atoms with van der Waals surface area (Å²) in [6, 6.07) is 16.6. The first-order chi connectivity index (χ1) is 14.1. The van der Waals surface area contributed by atoms with Crippen LogP contribution in [0.25, 0.3) is 0 Å². The topological polar surface area (TPSA) is 80.2 Å². The van der Waals surface area contributed by atoms with Crippen molar-refractivity contribution in [2.24, 2.45) is 4.99 Å². The number of benzene rings is 2. The predicted octanol–water partition coefficient (Wildman–Crippen LogP) is 3.57. The molecule has 2 aromatic rings. The normalized spacial score (nSPS) is 20.5. The van der Waals surface area contributed by atoms with Gasteiger partial charge in [0.05, 0.1) is 6.61 Å². The van der Waals surface area contributed by atoms with E-state index in [0.29, 0.717) is 36.8 Å². The number of aliphatic imine (C=N–C) groups is 1. The molecule has 2 atom stereocenters. The summed E-state index contributed by atoms with van der Waals surface area (Å²) in [5.74, 6) is 0.896. The Morgan fingerprint density at radius 1 is 1.28 bits per heavy atom. The fourth-order valence-electron chi connectivity index (χ4n) is 3.16. The van der Waals surface area contributed by atoms with Gasteiger partial charge in [0, 0.05) is 30.7 Å². The highest BCUT2D eigenvalue weighted by Crippen LogP contribution is 2.33. The van der Waals surface area contributed by atoms with Crippen molar-refractivity contribution in [3.05, 3.63) is 72.8 Å². The molecule has 1 aliphatic rings. The number of rotatable bonds is 9. The molecule has 1 amide bonds. The lowest BCUT2D eigenvalue weighted by Gasteiger charge is -2.26. The van der Waals surface area contributed by atoms with Gasteiger partial charge in [-0.05, 0) is 43.3 Å². The summed E-state index contributed by atoms with van der Waals surface area (Å²) in [5.41, 5.74) is 0.398. The van der Waals surface area contributed by atoms with Crippen molar-refractivity contribution < 1.29 is 19.4 Å². The van der Waals surface area contributed by atoms with Crippen LogP contribution >= 0.6 is 0 Å². The van der Waals surface area contributed by atoms with Crippen LogP contribution in [0.5, 0.6) is 5.75 Å². The van der Waals surface area contributed by atoms with Crippen LogP contribution in [-0.2, 0) is 9.53 Å². The highest BCUT2D eigenvalue weighted by atomic mass is 16.5. The van der Waals surface area contributed by atoms with E-state index >= 15 is 0 Å².